The van der Waals surface area contributed by atoms with Gasteiger partial charge in [-0.15, -0.1) is 0 Å². The maximum absolute atomic E-state index is 10.3. The van der Waals surface area contributed by atoms with Gasteiger partial charge in [0.15, 0.2) is 0 Å². The largest absolute Gasteiger partial charge is 0.506 e. The minimum Gasteiger partial charge on any atom is -0.506 e. The van der Waals surface area contributed by atoms with Crippen LogP contribution in [0.1, 0.15) is 34.6 Å². The number of imidazole rings is 2. The number of fused-ring (bicyclic) bond motifs is 1. The molecule has 0 saturated heterocycles. The van der Waals surface area contributed by atoms with E-state index in [1.807, 2.05) is 19.2 Å². The Balaban J connectivity index is 1.64. The molecule has 4 rings (SSSR count). The van der Waals surface area contributed by atoms with Crippen molar-refractivity contribution in [3.05, 3.63) is 65.0 Å². The molecule has 1 aromatic carbocycles. The third kappa shape index (κ3) is 4.08. The van der Waals surface area contributed by atoms with Crippen molar-refractivity contribution in [3.8, 4) is 5.75 Å². The van der Waals surface area contributed by atoms with E-state index in [-0.39, 0.29) is 5.75 Å². The Hall–Kier alpha value is -3.35. The molecule has 0 radical (unpaired) electrons. The molecule has 0 fully saturated rings. The number of pyridine rings is 1. The summed E-state index contributed by atoms with van der Waals surface area (Å²) in [5, 5.41) is 13.8. The standard InChI is InChI=1S/C22H26N6O/c1-14-9-15(2)21-19(10-14)28(12-18-20(29)7-6-16(3)26-18)22(27-21)24-8-4-5-17-11-23-13-25-17/h6-7,9-11,13,29H,4-5,8,12H2,1-3H3,(H,23,25)(H,24,27). The molecule has 29 heavy (non-hydrogen) atoms. The van der Waals surface area contributed by atoms with Crippen molar-refractivity contribution in [2.45, 2.75) is 40.2 Å². The number of benzene rings is 1. The molecule has 0 unspecified atom stereocenters. The van der Waals surface area contributed by atoms with Gasteiger partial charge in [0.1, 0.15) is 11.4 Å². The van der Waals surface area contributed by atoms with E-state index in [2.05, 4.69) is 50.8 Å². The summed E-state index contributed by atoms with van der Waals surface area (Å²) in [6.07, 6.45) is 5.44. The van der Waals surface area contributed by atoms with E-state index < -0.39 is 0 Å². The molecule has 0 aliphatic heterocycles. The smallest absolute Gasteiger partial charge is 0.204 e. The van der Waals surface area contributed by atoms with E-state index in [0.717, 1.165) is 53.3 Å². The first-order chi connectivity index (χ1) is 14.0. The SMILES string of the molecule is Cc1cc(C)c2nc(NCCCc3cnc[nH]3)n(Cc3nc(C)ccc3O)c2c1. The second kappa shape index (κ2) is 7.95. The van der Waals surface area contributed by atoms with Crippen LogP contribution in [0.2, 0.25) is 0 Å². The molecule has 150 valence electrons. The van der Waals surface area contributed by atoms with Gasteiger partial charge in [0, 0.05) is 24.1 Å². The molecule has 3 heterocycles. The van der Waals surface area contributed by atoms with E-state index in [1.54, 1.807) is 12.4 Å². The van der Waals surface area contributed by atoms with E-state index >= 15 is 0 Å². The highest BCUT2D eigenvalue weighted by Crippen LogP contribution is 2.27. The van der Waals surface area contributed by atoms with E-state index in [0.29, 0.717) is 12.2 Å². The van der Waals surface area contributed by atoms with Gasteiger partial charge in [-0.05, 0) is 62.9 Å². The van der Waals surface area contributed by atoms with Crippen molar-refractivity contribution >= 4 is 17.0 Å². The summed E-state index contributed by atoms with van der Waals surface area (Å²) < 4.78 is 2.10. The number of aromatic nitrogens is 5. The number of hydrogen-bond donors (Lipinski definition) is 3. The zero-order valence-electron chi connectivity index (χ0n) is 17.0. The number of anilines is 1. The first-order valence-corrected chi connectivity index (χ1v) is 9.85. The predicted molar refractivity (Wildman–Crippen MR) is 114 cm³/mol. The fourth-order valence-electron chi connectivity index (χ4n) is 3.63. The lowest BCUT2D eigenvalue weighted by molar-refractivity contribution is 0.461. The van der Waals surface area contributed by atoms with Crippen LogP contribution in [0.15, 0.2) is 36.8 Å². The monoisotopic (exact) mass is 390 g/mol. The van der Waals surface area contributed by atoms with E-state index in [9.17, 15) is 5.11 Å². The minimum absolute atomic E-state index is 0.201. The molecule has 3 N–H and O–H groups in total. The van der Waals surface area contributed by atoms with Gasteiger partial charge in [-0.3, -0.25) is 4.98 Å². The van der Waals surface area contributed by atoms with Crippen LogP contribution in [0, 0.1) is 20.8 Å². The van der Waals surface area contributed by atoms with Gasteiger partial charge in [0.25, 0.3) is 0 Å². The fraction of sp³-hybridized carbons (Fsp3) is 0.318. The Kier molecular flexibility index (Phi) is 5.20. The van der Waals surface area contributed by atoms with Gasteiger partial charge in [-0.25, -0.2) is 9.97 Å². The molecule has 0 atom stereocenters. The molecular weight excluding hydrogens is 364 g/mol. The van der Waals surface area contributed by atoms with Gasteiger partial charge >= 0.3 is 0 Å². The van der Waals surface area contributed by atoms with Crippen LogP contribution in [-0.4, -0.2) is 36.2 Å². The number of H-pyrrole nitrogens is 1. The van der Waals surface area contributed by atoms with Crippen LogP contribution < -0.4 is 5.32 Å². The van der Waals surface area contributed by atoms with Crippen LogP contribution in [0.3, 0.4) is 0 Å². The highest BCUT2D eigenvalue weighted by Gasteiger charge is 2.15. The lowest BCUT2D eigenvalue weighted by atomic mass is 10.1. The summed E-state index contributed by atoms with van der Waals surface area (Å²) in [6.45, 7) is 7.34. The Morgan fingerprint density at radius 2 is 2.00 bits per heavy atom. The third-order valence-corrected chi connectivity index (χ3v) is 5.05. The predicted octanol–water partition coefficient (Wildman–Crippen LogP) is 3.88. The van der Waals surface area contributed by atoms with Crippen LogP contribution in [-0.2, 0) is 13.0 Å². The van der Waals surface area contributed by atoms with Crippen molar-refractivity contribution in [2.24, 2.45) is 0 Å². The number of nitrogens with zero attached hydrogens (tertiary/aromatic N) is 4. The summed E-state index contributed by atoms with van der Waals surface area (Å²) in [4.78, 5) is 16.6. The van der Waals surface area contributed by atoms with Crippen molar-refractivity contribution in [1.29, 1.82) is 0 Å². The summed E-state index contributed by atoms with van der Waals surface area (Å²) in [5.74, 6) is 0.994. The summed E-state index contributed by atoms with van der Waals surface area (Å²) in [6, 6.07) is 7.79. The van der Waals surface area contributed by atoms with Gasteiger partial charge in [0.2, 0.25) is 5.95 Å². The fourth-order valence-corrected chi connectivity index (χ4v) is 3.63. The molecule has 0 aliphatic carbocycles. The zero-order valence-corrected chi connectivity index (χ0v) is 17.0. The second-order valence-electron chi connectivity index (χ2n) is 7.50. The molecule has 0 aliphatic rings. The minimum atomic E-state index is 0.201. The van der Waals surface area contributed by atoms with Crippen LogP contribution in [0.5, 0.6) is 5.75 Å². The topological polar surface area (TPSA) is 91.7 Å². The Labute approximate surface area is 169 Å². The van der Waals surface area contributed by atoms with Crippen molar-refractivity contribution in [2.75, 3.05) is 11.9 Å². The van der Waals surface area contributed by atoms with E-state index in [1.165, 1.54) is 5.56 Å². The van der Waals surface area contributed by atoms with Crippen molar-refractivity contribution < 1.29 is 5.11 Å². The second-order valence-corrected chi connectivity index (χ2v) is 7.50. The van der Waals surface area contributed by atoms with Crippen LogP contribution in [0.25, 0.3) is 11.0 Å². The van der Waals surface area contributed by atoms with Gasteiger partial charge in [0.05, 0.1) is 23.9 Å². The molecular formula is C22H26N6O. The number of rotatable bonds is 7. The summed E-state index contributed by atoms with van der Waals surface area (Å²) in [5.41, 5.74) is 6.98. The van der Waals surface area contributed by atoms with Gasteiger partial charge < -0.3 is 20.0 Å². The number of aryl methyl sites for hydroxylation is 4. The average Bonchev–Trinajstić information content (AvgIpc) is 3.31. The number of hydrogen-bond acceptors (Lipinski definition) is 5. The zero-order chi connectivity index (χ0) is 20.4. The molecule has 0 bridgehead atoms. The number of aromatic amines is 1. The molecule has 7 nitrogen and oxygen atoms in total. The molecule has 7 heteroatoms. The number of nitrogens with one attached hydrogen (secondary N) is 2. The lowest BCUT2D eigenvalue weighted by Crippen LogP contribution is -2.11. The lowest BCUT2D eigenvalue weighted by Gasteiger charge is -2.12. The molecule has 4 aromatic rings. The average molecular weight is 390 g/mol. The molecule has 0 spiro atoms. The van der Waals surface area contributed by atoms with Crippen LogP contribution >= 0.6 is 0 Å². The number of aromatic hydroxyl groups is 1. The highest BCUT2D eigenvalue weighted by atomic mass is 16.3. The third-order valence-electron chi connectivity index (χ3n) is 5.05. The normalized spacial score (nSPS) is 11.3. The maximum Gasteiger partial charge on any atom is 0.204 e. The maximum atomic E-state index is 10.3. The van der Waals surface area contributed by atoms with Gasteiger partial charge in [-0.2, -0.15) is 0 Å². The van der Waals surface area contributed by atoms with Crippen molar-refractivity contribution in [1.82, 2.24) is 24.5 Å². The van der Waals surface area contributed by atoms with Crippen molar-refractivity contribution in [3.63, 3.8) is 0 Å². The first-order valence-electron chi connectivity index (χ1n) is 9.85. The van der Waals surface area contributed by atoms with Gasteiger partial charge in [-0.1, -0.05) is 6.07 Å². The first kappa shape index (κ1) is 19.0. The Morgan fingerprint density at radius 3 is 2.79 bits per heavy atom. The molecule has 0 saturated carbocycles. The Morgan fingerprint density at radius 1 is 1.14 bits per heavy atom. The molecule has 3 aromatic heterocycles. The highest BCUT2D eigenvalue weighted by molar-refractivity contribution is 5.82. The quantitative estimate of drug-likeness (QED) is 0.417. The summed E-state index contributed by atoms with van der Waals surface area (Å²) >= 11 is 0. The van der Waals surface area contributed by atoms with E-state index in [4.69, 9.17) is 4.98 Å². The van der Waals surface area contributed by atoms with Crippen LogP contribution in [0.4, 0.5) is 5.95 Å². The molecule has 0 amide bonds. The summed E-state index contributed by atoms with van der Waals surface area (Å²) in [7, 11) is 0. The Bertz CT molecular complexity index is 1130.